The van der Waals surface area contributed by atoms with E-state index in [9.17, 15) is 14.0 Å². The number of aliphatic carboxylic acids is 1. The number of carbonyl (C=O) groups excluding carboxylic acids is 1. The maximum absolute atomic E-state index is 13.0. The van der Waals surface area contributed by atoms with Gasteiger partial charge in [0.1, 0.15) is 11.6 Å². The highest BCUT2D eigenvalue weighted by Gasteiger charge is 2.19. The van der Waals surface area contributed by atoms with Crippen LogP contribution in [0.25, 0.3) is 0 Å². The molecule has 0 aliphatic carbocycles. The first-order valence-corrected chi connectivity index (χ1v) is 7.55. The topological polar surface area (TPSA) is 92.4 Å². The number of hydrogen-bond donors (Lipinski definition) is 2. The second kappa shape index (κ2) is 7.72. The summed E-state index contributed by atoms with van der Waals surface area (Å²) in [4.78, 5) is 23.2. The quantitative estimate of drug-likeness (QED) is 0.812. The van der Waals surface area contributed by atoms with E-state index < -0.39 is 17.8 Å². The fraction of sp³-hybridized carbons (Fsp3) is 0.353. The number of carboxylic acid groups (broad SMARTS) is 1. The highest BCUT2D eigenvalue weighted by molar-refractivity contribution is 5.78. The molecule has 1 unspecified atom stereocenters. The first-order valence-electron chi connectivity index (χ1n) is 7.55. The maximum Gasteiger partial charge on any atom is 0.305 e. The van der Waals surface area contributed by atoms with Crippen molar-refractivity contribution in [3.8, 4) is 0 Å². The number of halogens is 1. The van der Waals surface area contributed by atoms with E-state index in [1.165, 1.54) is 24.3 Å². The Hall–Kier alpha value is -2.70. The normalized spacial score (nSPS) is 12.0. The Labute approximate surface area is 138 Å². The summed E-state index contributed by atoms with van der Waals surface area (Å²) in [6, 6.07) is 4.70. The third kappa shape index (κ3) is 4.65. The lowest BCUT2D eigenvalue weighted by Crippen LogP contribution is -2.30. The second-order valence-corrected chi connectivity index (χ2v) is 5.57. The Morgan fingerprint density at radius 1 is 1.29 bits per heavy atom. The van der Waals surface area contributed by atoms with Crippen LogP contribution in [0.3, 0.4) is 0 Å². The molecule has 7 heteroatoms. The lowest BCUT2D eigenvalue weighted by Gasteiger charge is -2.17. The molecule has 6 nitrogen and oxygen atoms in total. The minimum Gasteiger partial charge on any atom is -0.481 e. The Morgan fingerprint density at radius 3 is 2.50 bits per heavy atom. The van der Waals surface area contributed by atoms with Crippen LogP contribution in [0.15, 0.2) is 28.8 Å². The predicted octanol–water partition coefficient (Wildman–Crippen LogP) is 2.70. The standard InChI is InChI=1S/C17H19FN2O4/c1-10-14(11(2)24-20-10)7-8-16(21)19-15(9-17(22)23)12-3-5-13(18)6-4-12/h3-6,15H,7-9H2,1-2H3,(H,19,21)(H,22,23). The monoisotopic (exact) mass is 334 g/mol. The minimum atomic E-state index is -1.05. The van der Waals surface area contributed by atoms with Gasteiger partial charge in [0.2, 0.25) is 5.91 Å². The van der Waals surface area contributed by atoms with E-state index in [1.54, 1.807) is 13.8 Å². The van der Waals surface area contributed by atoms with E-state index in [-0.39, 0.29) is 18.7 Å². The zero-order valence-corrected chi connectivity index (χ0v) is 13.5. The van der Waals surface area contributed by atoms with Gasteiger partial charge in [-0.25, -0.2) is 4.39 Å². The van der Waals surface area contributed by atoms with Crippen LogP contribution in [-0.4, -0.2) is 22.1 Å². The molecule has 24 heavy (non-hydrogen) atoms. The molecule has 1 aromatic carbocycles. The Bertz CT molecular complexity index is 705. The number of nitrogens with zero attached hydrogens (tertiary/aromatic N) is 1. The molecule has 0 spiro atoms. The van der Waals surface area contributed by atoms with Gasteiger partial charge < -0.3 is 14.9 Å². The first-order chi connectivity index (χ1) is 11.4. The molecular weight excluding hydrogens is 315 g/mol. The van der Waals surface area contributed by atoms with Gasteiger partial charge in [-0.05, 0) is 38.0 Å². The van der Waals surface area contributed by atoms with Crippen molar-refractivity contribution in [1.82, 2.24) is 10.5 Å². The van der Waals surface area contributed by atoms with E-state index >= 15 is 0 Å². The van der Waals surface area contributed by atoms with Gasteiger partial charge in [0.15, 0.2) is 0 Å². The molecule has 2 N–H and O–H groups in total. The molecule has 1 amide bonds. The average Bonchev–Trinajstić information content (AvgIpc) is 2.83. The van der Waals surface area contributed by atoms with Crippen LogP contribution in [0.1, 0.15) is 41.5 Å². The van der Waals surface area contributed by atoms with E-state index in [0.29, 0.717) is 17.7 Å². The van der Waals surface area contributed by atoms with Crippen molar-refractivity contribution < 1.29 is 23.6 Å². The van der Waals surface area contributed by atoms with Crippen molar-refractivity contribution in [2.24, 2.45) is 0 Å². The Balaban J connectivity index is 2.01. The van der Waals surface area contributed by atoms with E-state index in [4.69, 9.17) is 9.63 Å². The number of benzene rings is 1. The third-order valence-electron chi connectivity index (χ3n) is 3.77. The number of carbonyl (C=O) groups is 2. The summed E-state index contributed by atoms with van der Waals surface area (Å²) >= 11 is 0. The van der Waals surface area contributed by atoms with Gasteiger partial charge >= 0.3 is 5.97 Å². The molecule has 2 rings (SSSR count). The number of carboxylic acids is 1. The summed E-state index contributed by atoms with van der Waals surface area (Å²) in [5.41, 5.74) is 2.16. The molecule has 1 aromatic heterocycles. The second-order valence-electron chi connectivity index (χ2n) is 5.57. The number of hydrogen-bond acceptors (Lipinski definition) is 4. The van der Waals surface area contributed by atoms with E-state index in [2.05, 4.69) is 10.5 Å². The summed E-state index contributed by atoms with van der Waals surface area (Å²) in [6.07, 6.45) is 0.360. The molecule has 1 heterocycles. The summed E-state index contributed by atoms with van der Waals surface area (Å²) < 4.78 is 18.1. The fourth-order valence-corrected chi connectivity index (χ4v) is 2.49. The summed E-state index contributed by atoms with van der Waals surface area (Å²) in [5.74, 6) is -1.08. The smallest absolute Gasteiger partial charge is 0.305 e. The van der Waals surface area contributed by atoms with Crippen molar-refractivity contribution in [2.45, 2.75) is 39.2 Å². The number of amides is 1. The molecule has 0 aliphatic rings. The third-order valence-corrected chi connectivity index (χ3v) is 3.77. The zero-order valence-electron chi connectivity index (χ0n) is 13.5. The summed E-state index contributed by atoms with van der Waals surface area (Å²) in [5, 5.41) is 15.5. The highest BCUT2D eigenvalue weighted by Crippen LogP contribution is 2.19. The van der Waals surface area contributed by atoms with Crippen LogP contribution in [-0.2, 0) is 16.0 Å². The van der Waals surface area contributed by atoms with Gasteiger partial charge in [-0.2, -0.15) is 0 Å². The minimum absolute atomic E-state index is 0.181. The van der Waals surface area contributed by atoms with Crippen LogP contribution in [0.4, 0.5) is 4.39 Å². The Morgan fingerprint density at radius 2 is 1.96 bits per heavy atom. The van der Waals surface area contributed by atoms with Gasteiger partial charge in [-0.15, -0.1) is 0 Å². The molecule has 0 bridgehead atoms. The van der Waals surface area contributed by atoms with Crippen LogP contribution in [0.2, 0.25) is 0 Å². The van der Waals surface area contributed by atoms with Gasteiger partial charge in [0.25, 0.3) is 0 Å². The van der Waals surface area contributed by atoms with Gasteiger partial charge in [-0.1, -0.05) is 17.3 Å². The SMILES string of the molecule is Cc1noc(C)c1CCC(=O)NC(CC(=O)O)c1ccc(F)cc1. The molecule has 0 saturated carbocycles. The van der Waals surface area contributed by atoms with Gasteiger partial charge in [0, 0.05) is 12.0 Å². The molecule has 1 atom stereocenters. The Kier molecular flexibility index (Phi) is 5.68. The van der Waals surface area contributed by atoms with Gasteiger partial charge in [-0.3, -0.25) is 9.59 Å². The van der Waals surface area contributed by atoms with E-state index in [1.807, 2.05) is 0 Å². The van der Waals surface area contributed by atoms with Crippen molar-refractivity contribution in [3.63, 3.8) is 0 Å². The molecular formula is C17H19FN2O4. The van der Waals surface area contributed by atoms with Crippen LogP contribution >= 0.6 is 0 Å². The molecule has 128 valence electrons. The molecule has 0 saturated heterocycles. The molecule has 0 fully saturated rings. The van der Waals surface area contributed by atoms with Crippen LogP contribution in [0.5, 0.6) is 0 Å². The molecule has 0 aliphatic heterocycles. The zero-order chi connectivity index (χ0) is 17.7. The highest BCUT2D eigenvalue weighted by atomic mass is 19.1. The van der Waals surface area contributed by atoms with Crippen LogP contribution < -0.4 is 5.32 Å². The predicted molar refractivity (Wildman–Crippen MR) is 83.8 cm³/mol. The molecule has 0 radical (unpaired) electrons. The van der Waals surface area contributed by atoms with Gasteiger partial charge in [0.05, 0.1) is 18.2 Å². The van der Waals surface area contributed by atoms with Crippen molar-refractivity contribution >= 4 is 11.9 Å². The molecule has 2 aromatic rings. The van der Waals surface area contributed by atoms with Crippen molar-refractivity contribution in [2.75, 3.05) is 0 Å². The maximum atomic E-state index is 13.0. The summed E-state index contributed by atoms with van der Waals surface area (Å²) in [6.45, 7) is 3.58. The lowest BCUT2D eigenvalue weighted by molar-refractivity contribution is -0.137. The number of nitrogens with one attached hydrogen (secondary N) is 1. The number of aromatic nitrogens is 1. The average molecular weight is 334 g/mol. The lowest BCUT2D eigenvalue weighted by atomic mass is 10.0. The fourth-order valence-electron chi connectivity index (χ4n) is 2.49. The number of aryl methyl sites for hydroxylation is 2. The van der Waals surface area contributed by atoms with E-state index in [0.717, 1.165) is 11.3 Å². The first kappa shape index (κ1) is 17.7. The largest absolute Gasteiger partial charge is 0.481 e. The van der Waals surface area contributed by atoms with Crippen LogP contribution in [0, 0.1) is 19.7 Å². The summed E-state index contributed by atoms with van der Waals surface area (Å²) in [7, 11) is 0. The number of rotatable bonds is 7. The van der Waals surface area contributed by atoms with Crippen molar-refractivity contribution in [1.29, 1.82) is 0 Å². The van der Waals surface area contributed by atoms with Crippen molar-refractivity contribution in [3.05, 3.63) is 52.7 Å².